The first-order valence-electron chi connectivity index (χ1n) is 6.19. The maximum Gasteiger partial charge on any atom is 0.328 e. The highest BCUT2D eigenvalue weighted by molar-refractivity contribution is 9.10. The molecule has 0 amide bonds. The lowest BCUT2D eigenvalue weighted by atomic mass is 10.00. The van der Waals surface area contributed by atoms with Crippen LogP contribution in [-0.4, -0.2) is 20.6 Å². The number of aromatic amines is 1. The molecule has 0 bridgehead atoms. The van der Waals surface area contributed by atoms with Crippen molar-refractivity contribution >= 4 is 21.9 Å². The number of aromatic nitrogens is 2. The molecule has 21 heavy (non-hydrogen) atoms. The van der Waals surface area contributed by atoms with Crippen LogP contribution in [0.1, 0.15) is 24.0 Å². The van der Waals surface area contributed by atoms with Gasteiger partial charge in [0.25, 0.3) is 5.56 Å². The third-order valence-electron chi connectivity index (χ3n) is 3.17. The second kappa shape index (κ2) is 6.09. The lowest BCUT2D eigenvalue weighted by molar-refractivity contribution is -0.138. The lowest BCUT2D eigenvalue weighted by Crippen LogP contribution is -2.30. The van der Waals surface area contributed by atoms with Gasteiger partial charge in [-0.05, 0) is 34.0 Å². The van der Waals surface area contributed by atoms with E-state index in [0.717, 1.165) is 5.56 Å². The lowest BCUT2D eigenvalue weighted by Gasteiger charge is -2.09. The monoisotopic (exact) mass is 352 g/mol. The molecule has 1 unspecified atom stereocenters. The predicted molar refractivity (Wildman–Crippen MR) is 80.6 cm³/mol. The zero-order chi connectivity index (χ0) is 15.6. The van der Waals surface area contributed by atoms with Crippen molar-refractivity contribution in [3.63, 3.8) is 0 Å². The van der Waals surface area contributed by atoms with Crippen molar-refractivity contribution in [1.82, 2.24) is 9.55 Å². The summed E-state index contributed by atoms with van der Waals surface area (Å²) in [5.74, 6) is -1.47. The molecular formula is C14H13BrN2O4. The number of nitrogens with zero attached hydrogens (tertiary/aromatic N) is 1. The van der Waals surface area contributed by atoms with Crippen LogP contribution in [0.4, 0.5) is 0 Å². The highest BCUT2D eigenvalue weighted by Gasteiger charge is 2.13. The molecule has 0 aliphatic heterocycles. The Bertz CT molecular complexity index is 777. The van der Waals surface area contributed by atoms with Crippen LogP contribution in [0.5, 0.6) is 0 Å². The average molecular weight is 353 g/mol. The number of halogens is 1. The molecule has 1 aromatic heterocycles. The first-order chi connectivity index (χ1) is 9.88. The molecule has 0 radical (unpaired) electrons. The van der Waals surface area contributed by atoms with E-state index < -0.39 is 23.1 Å². The van der Waals surface area contributed by atoms with Crippen molar-refractivity contribution < 1.29 is 9.90 Å². The number of H-pyrrole nitrogens is 1. The summed E-state index contributed by atoms with van der Waals surface area (Å²) in [6.45, 7) is 1.90. The Balaban J connectivity index is 2.25. The minimum Gasteiger partial charge on any atom is -0.481 e. The quantitative estimate of drug-likeness (QED) is 0.872. The molecule has 1 heterocycles. The van der Waals surface area contributed by atoms with Crippen LogP contribution >= 0.6 is 15.9 Å². The molecule has 2 aromatic rings. The van der Waals surface area contributed by atoms with E-state index >= 15 is 0 Å². The molecule has 6 nitrogen and oxygen atoms in total. The van der Waals surface area contributed by atoms with Crippen molar-refractivity contribution in [1.29, 1.82) is 0 Å². The van der Waals surface area contributed by atoms with E-state index in [1.165, 1.54) is 10.8 Å². The molecule has 1 aromatic carbocycles. The molecule has 0 spiro atoms. The third-order valence-corrected chi connectivity index (χ3v) is 3.74. The zero-order valence-electron chi connectivity index (χ0n) is 11.2. The van der Waals surface area contributed by atoms with Crippen molar-refractivity contribution in [3.05, 3.63) is 66.9 Å². The average Bonchev–Trinajstić information content (AvgIpc) is 2.44. The van der Waals surface area contributed by atoms with Gasteiger partial charge in [0.2, 0.25) is 0 Å². The molecule has 0 aliphatic rings. The van der Waals surface area contributed by atoms with E-state index in [-0.39, 0.29) is 11.0 Å². The van der Waals surface area contributed by atoms with E-state index in [0.29, 0.717) is 5.56 Å². The van der Waals surface area contributed by atoms with Crippen LogP contribution in [0.25, 0.3) is 0 Å². The van der Waals surface area contributed by atoms with E-state index in [1.54, 1.807) is 31.2 Å². The van der Waals surface area contributed by atoms with Gasteiger partial charge in [-0.3, -0.25) is 19.1 Å². The Morgan fingerprint density at radius 3 is 2.52 bits per heavy atom. The van der Waals surface area contributed by atoms with Crippen LogP contribution in [0, 0.1) is 0 Å². The van der Waals surface area contributed by atoms with Crippen LogP contribution in [0.3, 0.4) is 0 Å². The molecular weight excluding hydrogens is 340 g/mol. The predicted octanol–water partition coefficient (Wildman–Crippen LogP) is 1.54. The van der Waals surface area contributed by atoms with Crippen LogP contribution in [0.15, 0.2) is 44.5 Å². The van der Waals surface area contributed by atoms with Gasteiger partial charge in [0, 0.05) is 6.20 Å². The van der Waals surface area contributed by atoms with Gasteiger partial charge in [0.15, 0.2) is 0 Å². The molecule has 0 saturated heterocycles. The SMILES string of the molecule is CC(C(=O)O)c1ccc(Cn2cc(Br)c(=O)[nH]c2=O)cc1. The normalized spacial score (nSPS) is 12.1. The number of carboxylic acids is 1. The largest absolute Gasteiger partial charge is 0.481 e. The minimum atomic E-state index is -0.886. The molecule has 110 valence electrons. The molecule has 2 N–H and O–H groups in total. The number of hydrogen-bond donors (Lipinski definition) is 2. The minimum absolute atomic E-state index is 0.276. The standard InChI is InChI=1S/C14H13BrN2O4/c1-8(13(19)20)10-4-2-9(3-5-10)6-17-7-11(15)12(18)16-14(17)21/h2-5,7-8H,6H2,1H3,(H,19,20)(H,16,18,21). The molecule has 7 heteroatoms. The van der Waals surface area contributed by atoms with Crippen molar-refractivity contribution in [2.75, 3.05) is 0 Å². The number of aliphatic carboxylic acids is 1. The first-order valence-corrected chi connectivity index (χ1v) is 6.98. The summed E-state index contributed by atoms with van der Waals surface area (Å²) in [5, 5.41) is 8.95. The second-order valence-corrected chi connectivity index (χ2v) is 5.52. The van der Waals surface area contributed by atoms with Gasteiger partial charge in [-0.2, -0.15) is 0 Å². The Kier molecular flexibility index (Phi) is 4.42. The fourth-order valence-electron chi connectivity index (χ4n) is 1.85. The van der Waals surface area contributed by atoms with E-state index in [2.05, 4.69) is 20.9 Å². The van der Waals surface area contributed by atoms with Crippen LogP contribution in [-0.2, 0) is 11.3 Å². The highest BCUT2D eigenvalue weighted by Crippen LogP contribution is 2.16. The summed E-state index contributed by atoms with van der Waals surface area (Å²) in [6.07, 6.45) is 1.43. The number of rotatable bonds is 4. The second-order valence-electron chi connectivity index (χ2n) is 4.67. The summed E-state index contributed by atoms with van der Waals surface area (Å²) in [7, 11) is 0. The number of carboxylic acid groups (broad SMARTS) is 1. The molecule has 2 rings (SSSR count). The number of nitrogens with one attached hydrogen (secondary N) is 1. The molecule has 0 aliphatic carbocycles. The summed E-state index contributed by atoms with van der Waals surface area (Å²) in [4.78, 5) is 36.0. The summed E-state index contributed by atoms with van der Waals surface area (Å²) in [6, 6.07) is 6.97. The highest BCUT2D eigenvalue weighted by atomic mass is 79.9. The number of hydrogen-bond acceptors (Lipinski definition) is 3. The zero-order valence-corrected chi connectivity index (χ0v) is 12.8. The van der Waals surface area contributed by atoms with Gasteiger partial charge in [-0.1, -0.05) is 24.3 Å². The fraction of sp³-hybridized carbons (Fsp3) is 0.214. The number of benzene rings is 1. The molecule has 0 fully saturated rings. The Morgan fingerprint density at radius 2 is 1.95 bits per heavy atom. The van der Waals surface area contributed by atoms with Gasteiger partial charge < -0.3 is 5.11 Å². The maximum atomic E-state index is 11.7. The van der Waals surface area contributed by atoms with Crippen LogP contribution < -0.4 is 11.2 Å². The van der Waals surface area contributed by atoms with Gasteiger partial charge in [-0.15, -0.1) is 0 Å². The van der Waals surface area contributed by atoms with Gasteiger partial charge in [0.05, 0.1) is 16.9 Å². The third kappa shape index (κ3) is 3.49. The molecule has 1 atom stereocenters. The summed E-state index contributed by atoms with van der Waals surface area (Å²) >= 11 is 3.07. The Labute approximate surface area is 128 Å². The van der Waals surface area contributed by atoms with Crippen molar-refractivity contribution in [2.24, 2.45) is 0 Å². The smallest absolute Gasteiger partial charge is 0.328 e. The van der Waals surface area contributed by atoms with Gasteiger partial charge in [0.1, 0.15) is 0 Å². The van der Waals surface area contributed by atoms with Crippen molar-refractivity contribution in [3.8, 4) is 0 Å². The van der Waals surface area contributed by atoms with Gasteiger partial charge in [-0.25, -0.2) is 4.79 Å². The maximum absolute atomic E-state index is 11.7. The fourth-order valence-corrected chi connectivity index (χ4v) is 2.20. The Hall–Kier alpha value is -2.15. The first kappa shape index (κ1) is 15.2. The number of carbonyl (C=O) groups is 1. The topological polar surface area (TPSA) is 92.2 Å². The van der Waals surface area contributed by atoms with E-state index in [1.807, 2.05) is 0 Å². The summed E-state index contributed by atoms with van der Waals surface area (Å²) in [5.41, 5.74) is 0.562. The summed E-state index contributed by atoms with van der Waals surface area (Å²) < 4.78 is 1.64. The Morgan fingerprint density at radius 1 is 1.33 bits per heavy atom. The van der Waals surface area contributed by atoms with Gasteiger partial charge >= 0.3 is 11.7 Å². The van der Waals surface area contributed by atoms with Crippen molar-refractivity contribution in [2.45, 2.75) is 19.4 Å². The van der Waals surface area contributed by atoms with E-state index in [9.17, 15) is 14.4 Å². The molecule has 0 saturated carbocycles. The van der Waals surface area contributed by atoms with E-state index in [4.69, 9.17) is 5.11 Å². The van der Waals surface area contributed by atoms with Crippen LogP contribution in [0.2, 0.25) is 0 Å².